The molecule has 3 aromatic heterocycles. The standard InChI is InChI=1S/C25H24N4O3/c1-16-11-19(13-27-24(16)29-10-8-21-18(15-29)6-4-9-26-21)25(30)28-14-20-12-17-5-3-7-22(31-2)23(17)32-20/h3-7,9,11-13H,8,10,14-15H2,1-2H3,(H,28,30). The van der Waals surface area contributed by atoms with Gasteiger partial charge in [0.2, 0.25) is 0 Å². The number of methoxy groups -OCH3 is 1. The molecule has 1 aromatic carbocycles. The lowest BCUT2D eigenvalue weighted by Crippen LogP contribution is -2.32. The molecule has 0 saturated heterocycles. The number of rotatable bonds is 5. The van der Waals surface area contributed by atoms with E-state index in [0.29, 0.717) is 22.7 Å². The molecule has 1 amide bonds. The van der Waals surface area contributed by atoms with Crippen molar-refractivity contribution in [1.82, 2.24) is 15.3 Å². The maximum Gasteiger partial charge on any atom is 0.253 e. The monoisotopic (exact) mass is 428 g/mol. The van der Waals surface area contributed by atoms with Crippen LogP contribution in [-0.2, 0) is 19.5 Å². The second-order valence-corrected chi connectivity index (χ2v) is 7.92. The number of para-hydroxylation sites is 1. The predicted octanol–water partition coefficient (Wildman–Crippen LogP) is 4.03. The number of amides is 1. The summed E-state index contributed by atoms with van der Waals surface area (Å²) >= 11 is 0. The van der Waals surface area contributed by atoms with Gasteiger partial charge in [-0.05, 0) is 42.3 Å². The average Bonchev–Trinajstić information content (AvgIpc) is 3.25. The highest BCUT2D eigenvalue weighted by Gasteiger charge is 2.20. The van der Waals surface area contributed by atoms with Crippen molar-refractivity contribution in [2.75, 3.05) is 18.6 Å². The van der Waals surface area contributed by atoms with Crippen LogP contribution in [0.25, 0.3) is 11.0 Å². The van der Waals surface area contributed by atoms with Crippen LogP contribution in [0.1, 0.15) is 32.9 Å². The van der Waals surface area contributed by atoms with E-state index in [0.717, 1.165) is 42.0 Å². The molecule has 0 unspecified atom stereocenters. The predicted molar refractivity (Wildman–Crippen MR) is 122 cm³/mol. The average molecular weight is 428 g/mol. The van der Waals surface area contributed by atoms with Gasteiger partial charge in [0.25, 0.3) is 5.91 Å². The molecule has 0 radical (unpaired) electrons. The van der Waals surface area contributed by atoms with E-state index in [9.17, 15) is 4.79 Å². The fourth-order valence-corrected chi connectivity index (χ4v) is 4.18. The number of benzene rings is 1. The first-order valence-corrected chi connectivity index (χ1v) is 10.6. The van der Waals surface area contributed by atoms with Gasteiger partial charge in [-0.15, -0.1) is 0 Å². The maximum atomic E-state index is 12.7. The molecule has 7 nitrogen and oxygen atoms in total. The molecule has 0 bridgehead atoms. The van der Waals surface area contributed by atoms with Crippen LogP contribution in [0.5, 0.6) is 5.75 Å². The van der Waals surface area contributed by atoms with Crippen molar-refractivity contribution in [3.8, 4) is 5.75 Å². The minimum atomic E-state index is -0.187. The molecule has 0 aliphatic carbocycles. The number of pyridine rings is 2. The van der Waals surface area contributed by atoms with Crippen LogP contribution in [0.15, 0.2) is 59.3 Å². The minimum absolute atomic E-state index is 0.187. The first-order chi connectivity index (χ1) is 15.6. The van der Waals surface area contributed by atoms with Gasteiger partial charge >= 0.3 is 0 Å². The van der Waals surface area contributed by atoms with Gasteiger partial charge < -0.3 is 19.4 Å². The van der Waals surface area contributed by atoms with E-state index in [1.807, 2.05) is 49.5 Å². The van der Waals surface area contributed by atoms with Crippen LogP contribution in [0.3, 0.4) is 0 Å². The summed E-state index contributed by atoms with van der Waals surface area (Å²) in [6.45, 7) is 3.91. The number of aryl methyl sites for hydroxylation is 1. The van der Waals surface area contributed by atoms with E-state index in [4.69, 9.17) is 9.15 Å². The quantitative estimate of drug-likeness (QED) is 0.517. The molecule has 0 saturated carbocycles. The first kappa shape index (κ1) is 20.1. The van der Waals surface area contributed by atoms with Crippen LogP contribution >= 0.6 is 0 Å². The third-order valence-electron chi connectivity index (χ3n) is 5.78. The molecule has 1 aliphatic heterocycles. The number of anilines is 1. The summed E-state index contributed by atoms with van der Waals surface area (Å²) in [4.78, 5) is 24.0. The van der Waals surface area contributed by atoms with Crippen LogP contribution in [0, 0.1) is 6.92 Å². The lowest BCUT2D eigenvalue weighted by Gasteiger charge is -2.30. The zero-order valence-corrected chi connectivity index (χ0v) is 18.1. The van der Waals surface area contributed by atoms with Gasteiger partial charge in [0, 0.05) is 43.0 Å². The van der Waals surface area contributed by atoms with Gasteiger partial charge in [-0.3, -0.25) is 9.78 Å². The van der Waals surface area contributed by atoms with Crippen LogP contribution in [0.2, 0.25) is 0 Å². The Morgan fingerprint density at radius 1 is 1.22 bits per heavy atom. The Morgan fingerprint density at radius 3 is 2.97 bits per heavy atom. The number of furan rings is 1. The third-order valence-corrected chi connectivity index (χ3v) is 5.78. The van der Waals surface area contributed by atoms with Crippen molar-refractivity contribution in [1.29, 1.82) is 0 Å². The van der Waals surface area contributed by atoms with Crippen molar-refractivity contribution in [3.05, 3.63) is 83.0 Å². The number of nitrogens with one attached hydrogen (secondary N) is 1. The van der Waals surface area contributed by atoms with E-state index < -0.39 is 0 Å². The summed E-state index contributed by atoms with van der Waals surface area (Å²) < 4.78 is 11.2. The fourth-order valence-electron chi connectivity index (χ4n) is 4.18. The molecular formula is C25H24N4O3. The summed E-state index contributed by atoms with van der Waals surface area (Å²) in [6.07, 6.45) is 4.37. The Kier molecular flexibility index (Phi) is 5.23. The SMILES string of the molecule is COc1cccc2cc(CNC(=O)c3cnc(N4CCc5ncccc5C4)c(C)c3)oc12. The van der Waals surface area contributed by atoms with Gasteiger partial charge in [0.05, 0.1) is 19.2 Å². The number of fused-ring (bicyclic) bond motifs is 2. The van der Waals surface area contributed by atoms with Gasteiger partial charge in [-0.25, -0.2) is 4.98 Å². The number of aromatic nitrogens is 2. The normalized spacial score (nSPS) is 13.1. The number of carbonyl (C=O) groups excluding carboxylic acids is 1. The Hall–Kier alpha value is -3.87. The third kappa shape index (κ3) is 3.77. The summed E-state index contributed by atoms with van der Waals surface area (Å²) in [7, 11) is 1.61. The molecule has 1 N–H and O–H groups in total. The van der Waals surface area contributed by atoms with Gasteiger partial charge in [-0.1, -0.05) is 18.2 Å². The van der Waals surface area contributed by atoms with E-state index in [1.165, 1.54) is 5.56 Å². The first-order valence-electron chi connectivity index (χ1n) is 10.6. The van der Waals surface area contributed by atoms with E-state index in [2.05, 4.69) is 26.3 Å². The zero-order valence-electron chi connectivity index (χ0n) is 18.1. The van der Waals surface area contributed by atoms with E-state index >= 15 is 0 Å². The zero-order chi connectivity index (χ0) is 22.1. The molecule has 0 atom stereocenters. The van der Waals surface area contributed by atoms with Gasteiger partial charge in [0.1, 0.15) is 11.6 Å². The fraction of sp³-hybridized carbons (Fsp3) is 0.240. The number of hydrogen-bond donors (Lipinski definition) is 1. The number of carbonyl (C=O) groups is 1. The highest BCUT2D eigenvalue weighted by molar-refractivity contribution is 5.94. The van der Waals surface area contributed by atoms with Crippen molar-refractivity contribution in [2.45, 2.75) is 26.4 Å². The van der Waals surface area contributed by atoms with Crippen molar-refractivity contribution in [2.24, 2.45) is 0 Å². The van der Waals surface area contributed by atoms with Crippen molar-refractivity contribution < 1.29 is 13.9 Å². The lowest BCUT2D eigenvalue weighted by atomic mass is 10.0. The molecule has 1 aliphatic rings. The van der Waals surface area contributed by atoms with Crippen molar-refractivity contribution in [3.63, 3.8) is 0 Å². The summed E-state index contributed by atoms with van der Waals surface area (Å²) in [5.41, 5.74) is 4.56. The molecule has 5 rings (SSSR count). The summed E-state index contributed by atoms with van der Waals surface area (Å²) in [6, 6.07) is 13.6. The molecule has 4 aromatic rings. The van der Waals surface area contributed by atoms with Crippen LogP contribution < -0.4 is 15.0 Å². The highest BCUT2D eigenvalue weighted by atomic mass is 16.5. The van der Waals surface area contributed by atoms with E-state index in [-0.39, 0.29) is 12.5 Å². The topological polar surface area (TPSA) is 80.5 Å². The Bertz CT molecular complexity index is 1300. The largest absolute Gasteiger partial charge is 0.493 e. The molecule has 32 heavy (non-hydrogen) atoms. The lowest BCUT2D eigenvalue weighted by molar-refractivity contribution is 0.0948. The smallest absolute Gasteiger partial charge is 0.253 e. The molecule has 7 heteroatoms. The number of ether oxygens (including phenoxy) is 1. The Labute approximate surface area is 186 Å². The molecular weight excluding hydrogens is 404 g/mol. The number of hydrogen-bond acceptors (Lipinski definition) is 6. The minimum Gasteiger partial charge on any atom is -0.493 e. The molecule has 4 heterocycles. The number of nitrogens with zero attached hydrogens (tertiary/aromatic N) is 3. The summed E-state index contributed by atoms with van der Waals surface area (Å²) in [5.74, 6) is 2.06. The highest BCUT2D eigenvalue weighted by Crippen LogP contribution is 2.28. The van der Waals surface area contributed by atoms with Crippen LogP contribution in [-0.4, -0.2) is 29.5 Å². The van der Waals surface area contributed by atoms with Gasteiger partial charge in [-0.2, -0.15) is 0 Å². The Balaban J connectivity index is 1.27. The maximum absolute atomic E-state index is 12.7. The second-order valence-electron chi connectivity index (χ2n) is 7.92. The van der Waals surface area contributed by atoms with E-state index in [1.54, 1.807) is 13.3 Å². The molecule has 0 fully saturated rings. The molecule has 0 spiro atoms. The van der Waals surface area contributed by atoms with Crippen molar-refractivity contribution >= 4 is 22.7 Å². The van der Waals surface area contributed by atoms with Crippen LogP contribution in [0.4, 0.5) is 5.82 Å². The second kappa shape index (κ2) is 8.34. The van der Waals surface area contributed by atoms with Gasteiger partial charge in [0.15, 0.2) is 11.3 Å². The molecule has 162 valence electrons. The Morgan fingerprint density at radius 2 is 2.12 bits per heavy atom. The summed E-state index contributed by atoms with van der Waals surface area (Å²) in [5, 5.41) is 3.86.